The molecule has 0 aliphatic heterocycles. The van der Waals surface area contributed by atoms with Crippen LogP contribution in [0.5, 0.6) is 11.5 Å². The molecular weight excluding hydrogens is 398 g/mol. The van der Waals surface area contributed by atoms with Crippen LogP contribution in [0.25, 0.3) is 0 Å². The maximum Gasteiger partial charge on any atom is 0.255 e. The maximum atomic E-state index is 13.0. The minimum atomic E-state index is -0.152. The van der Waals surface area contributed by atoms with E-state index >= 15 is 0 Å². The SMILES string of the molecule is CCc1cccc(CC)c1NC(=O)c1ccc(OC)c(COc2ccc(Cl)cc2)c1. The summed E-state index contributed by atoms with van der Waals surface area (Å²) in [7, 11) is 1.60. The van der Waals surface area contributed by atoms with Gasteiger partial charge in [0.1, 0.15) is 18.1 Å². The zero-order valence-electron chi connectivity index (χ0n) is 17.5. The zero-order valence-corrected chi connectivity index (χ0v) is 18.3. The fourth-order valence-corrected chi connectivity index (χ4v) is 3.44. The molecule has 0 aliphatic carbocycles. The number of anilines is 1. The van der Waals surface area contributed by atoms with Crippen LogP contribution in [0.3, 0.4) is 0 Å². The summed E-state index contributed by atoms with van der Waals surface area (Å²) in [5, 5.41) is 3.76. The van der Waals surface area contributed by atoms with E-state index in [1.165, 1.54) is 0 Å². The molecule has 156 valence electrons. The highest BCUT2D eigenvalue weighted by Crippen LogP contribution is 2.26. The van der Waals surface area contributed by atoms with E-state index in [0.29, 0.717) is 22.1 Å². The number of nitrogens with one attached hydrogen (secondary N) is 1. The topological polar surface area (TPSA) is 47.6 Å². The van der Waals surface area contributed by atoms with E-state index in [0.717, 1.165) is 35.2 Å². The third kappa shape index (κ3) is 5.14. The standard InChI is InChI=1S/C25H26ClNO3/c1-4-17-7-6-8-18(5-2)24(17)27-25(28)19-9-14-23(29-3)20(15-19)16-30-22-12-10-21(26)11-13-22/h6-15H,4-5,16H2,1-3H3,(H,27,28). The number of halogens is 1. The van der Waals surface area contributed by atoms with Gasteiger partial charge >= 0.3 is 0 Å². The number of benzene rings is 3. The minimum Gasteiger partial charge on any atom is -0.496 e. The van der Waals surface area contributed by atoms with Crippen LogP contribution in [0.15, 0.2) is 60.7 Å². The summed E-state index contributed by atoms with van der Waals surface area (Å²) in [6, 6.07) is 18.7. The van der Waals surface area contributed by atoms with Gasteiger partial charge in [0.2, 0.25) is 0 Å². The zero-order chi connectivity index (χ0) is 21.5. The minimum absolute atomic E-state index is 0.152. The van der Waals surface area contributed by atoms with Crippen molar-refractivity contribution in [3.63, 3.8) is 0 Å². The Labute approximate surface area is 182 Å². The first-order valence-electron chi connectivity index (χ1n) is 10.0. The smallest absolute Gasteiger partial charge is 0.255 e. The number of methoxy groups -OCH3 is 1. The largest absolute Gasteiger partial charge is 0.496 e. The average Bonchev–Trinajstić information content (AvgIpc) is 2.78. The van der Waals surface area contributed by atoms with Crippen LogP contribution in [0.1, 0.15) is 40.9 Å². The van der Waals surface area contributed by atoms with Crippen LogP contribution in [-0.4, -0.2) is 13.0 Å². The molecule has 4 nitrogen and oxygen atoms in total. The first-order chi connectivity index (χ1) is 14.5. The molecule has 0 bridgehead atoms. The first-order valence-corrected chi connectivity index (χ1v) is 10.4. The number of ether oxygens (including phenoxy) is 2. The van der Waals surface area contributed by atoms with E-state index < -0.39 is 0 Å². The van der Waals surface area contributed by atoms with Crippen LogP contribution in [-0.2, 0) is 19.4 Å². The van der Waals surface area contributed by atoms with Crippen molar-refractivity contribution in [3.8, 4) is 11.5 Å². The van der Waals surface area contributed by atoms with E-state index in [4.69, 9.17) is 21.1 Å². The van der Waals surface area contributed by atoms with E-state index in [1.807, 2.05) is 24.3 Å². The molecule has 3 aromatic carbocycles. The van der Waals surface area contributed by atoms with Crippen LogP contribution < -0.4 is 14.8 Å². The third-order valence-corrected chi connectivity index (χ3v) is 5.24. The molecule has 3 aromatic rings. The molecular formula is C25H26ClNO3. The lowest BCUT2D eigenvalue weighted by Crippen LogP contribution is -2.15. The average molecular weight is 424 g/mol. The molecule has 5 heteroatoms. The van der Waals surface area contributed by atoms with Gasteiger partial charge in [0.05, 0.1) is 7.11 Å². The van der Waals surface area contributed by atoms with Crippen LogP contribution in [0.4, 0.5) is 5.69 Å². The second kappa shape index (κ2) is 10.2. The molecule has 0 fully saturated rings. The van der Waals surface area contributed by atoms with Crippen molar-refractivity contribution in [3.05, 3.63) is 87.9 Å². The quantitative estimate of drug-likeness (QED) is 0.462. The number of hydrogen-bond acceptors (Lipinski definition) is 3. The Morgan fingerprint density at radius 2 is 1.60 bits per heavy atom. The summed E-state index contributed by atoms with van der Waals surface area (Å²) < 4.78 is 11.3. The predicted molar refractivity (Wildman–Crippen MR) is 122 cm³/mol. The Balaban J connectivity index is 1.82. The highest BCUT2D eigenvalue weighted by Gasteiger charge is 2.14. The Morgan fingerprint density at radius 1 is 0.933 bits per heavy atom. The molecule has 0 saturated carbocycles. The Hall–Kier alpha value is -2.98. The third-order valence-electron chi connectivity index (χ3n) is 4.99. The van der Waals surface area contributed by atoms with Gasteiger partial charge in [-0.3, -0.25) is 4.79 Å². The van der Waals surface area contributed by atoms with Gasteiger partial charge in [0, 0.05) is 21.8 Å². The molecule has 0 spiro atoms. The molecule has 0 aliphatic rings. The fourth-order valence-electron chi connectivity index (χ4n) is 3.31. The van der Waals surface area contributed by atoms with Crippen molar-refractivity contribution in [2.24, 2.45) is 0 Å². The monoisotopic (exact) mass is 423 g/mol. The predicted octanol–water partition coefficient (Wildman–Crippen LogP) is 6.30. The summed E-state index contributed by atoms with van der Waals surface area (Å²) in [4.78, 5) is 13.0. The van der Waals surface area contributed by atoms with Crippen molar-refractivity contribution in [2.75, 3.05) is 12.4 Å². The van der Waals surface area contributed by atoms with Gasteiger partial charge < -0.3 is 14.8 Å². The summed E-state index contributed by atoms with van der Waals surface area (Å²) in [6.45, 7) is 4.45. The molecule has 0 aromatic heterocycles. The normalized spacial score (nSPS) is 10.5. The first kappa shape index (κ1) is 21.7. The fraction of sp³-hybridized carbons (Fsp3) is 0.240. The van der Waals surface area contributed by atoms with Crippen LogP contribution in [0.2, 0.25) is 5.02 Å². The van der Waals surface area contributed by atoms with Gasteiger partial charge in [-0.05, 0) is 66.4 Å². The van der Waals surface area contributed by atoms with Crippen LogP contribution in [0, 0.1) is 0 Å². The molecule has 0 unspecified atom stereocenters. The van der Waals surface area contributed by atoms with E-state index in [2.05, 4.69) is 19.2 Å². The number of para-hydroxylation sites is 1. The van der Waals surface area contributed by atoms with Crippen LogP contribution >= 0.6 is 11.6 Å². The highest BCUT2D eigenvalue weighted by molar-refractivity contribution is 6.30. The lowest BCUT2D eigenvalue weighted by Gasteiger charge is -2.16. The van der Waals surface area contributed by atoms with Gasteiger partial charge in [0.25, 0.3) is 5.91 Å². The lowest BCUT2D eigenvalue weighted by molar-refractivity contribution is 0.102. The Morgan fingerprint density at radius 3 is 2.20 bits per heavy atom. The summed E-state index contributed by atoms with van der Waals surface area (Å²) >= 11 is 5.92. The number of rotatable bonds is 8. The molecule has 30 heavy (non-hydrogen) atoms. The second-order valence-corrected chi connectivity index (χ2v) is 7.32. The van der Waals surface area contributed by atoms with E-state index in [1.54, 1.807) is 43.5 Å². The summed E-state index contributed by atoms with van der Waals surface area (Å²) in [6.07, 6.45) is 1.71. The number of carbonyl (C=O) groups excluding carboxylic acids is 1. The second-order valence-electron chi connectivity index (χ2n) is 6.88. The molecule has 0 heterocycles. The lowest BCUT2D eigenvalue weighted by atomic mass is 10.0. The van der Waals surface area contributed by atoms with Gasteiger partial charge in [0.15, 0.2) is 0 Å². The molecule has 0 saturated heterocycles. The Kier molecular flexibility index (Phi) is 7.36. The number of hydrogen-bond donors (Lipinski definition) is 1. The van der Waals surface area contributed by atoms with Gasteiger partial charge in [-0.25, -0.2) is 0 Å². The van der Waals surface area contributed by atoms with Gasteiger partial charge in [-0.1, -0.05) is 43.6 Å². The van der Waals surface area contributed by atoms with Gasteiger partial charge in [-0.2, -0.15) is 0 Å². The summed E-state index contributed by atoms with van der Waals surface area (Å²) in [5.74, 6) is 1.21. The highest BCUT2D eigenvalue weighted by atomic mass is 35.5. The molecule has 1 N–H and O–H groups in total. The maximum absolute atomic E-state index is 13.0. The molecule has 0 radical (unpaired) electrons. The summed E-state index contributed by atoms with van der Waals surface area (Å²) in [5.41, 5.74) is 4.50. The number of carbonyl (C=O) groups is 1. The van der Waals surface area contributed by atoms with Crippen molar-refractivity contribution < 1.29 is 14.3 Å². The van der Waals surface area contributed by atoms with Crippen molar-refractivity contribution in [1.29, 1.82) is 0 Å². The van der Waals surface area contributed by atoms with E-state index in [-0.39, 0.29) is 12.5 Å². The molecule has 0 atom stereocenters. The van der Waals surface area contributed by atoms with Gasteiger partial charge in [-0.15, -0.1) is 0 Å². The number of aryl methyl sites for hydroxylation is 2. The molecule has 3 rings (SSSR count). The van der Waals surface area contributed by atoms with Crippen molar-refractivity contribution in [1.82, 2.24) is 0 Å². The van der Waals surface area contributed by atoms with Crippen molar-refractivity contribution >= 4 is 23.2 Å². The molecule has 1 amide bonds. The van der Waals surface area contributed by atoms with Crippen molar-refractivity contribution in [2.45, 2.75) is 33.3 Å². The Bertz CT molecular complexity index is 993. The van der Waals surface area contributed by atoms with E-state index in [9.17, 15) is 4.79 Å². The number of amides is 1.